The molecule has 5 rings (SSSR count). The van der Waals surface area contributed by atoms with Gasteiger partial charge in [-0.25, -0.2) is 9.97 Å². The molecule has 0 radical (unpaired) electrons. The van der Waals surface area contributed by atoms with E-state index in [9.17, 15) is 9.59 Å². The van der Waals surface area contributed by atoms with E-state index in [1.165, 1.54) is 39.4 Å². The lowest BCUT2D eigenvalue weighted by molar-refractivity contribution is -0.113. The molecule has 1 N–H and O–H groups in total. The molecule has 2 aromatic carbocycles. The molecule has 0 fully saturated rings. The molecular formula is C24H22N4O4S3. The van der Waals surface area contributed by atoms with Gasteiger partial charge in [-0.1, -0.05) is 29.2 Å². The van der Waals surface area contributed by atoms with Gasteiger partial charge >= 0.3 is 0 Å². The number of hydrogen-bond donors (Lipinski definition) is 1. The molecule has 0 saturated heterocycles. The first-order valence-corrected chi connectivity index (χ1v) is 13.6. The van der Waals surface area contributed by atoms with Crippen LogP contribution in [0.15, 0.2) is 51.2 Å². The number of amides is 1. The molecule has 0 aliphatic carbocycles. The number of rotatable bonds is 7. The highest BCUT2D eigenvalue weighted by Crippen LogP contribution is 2.33. The van der Waals surface area contributed by atoms with Gasteiger partial charge in [0.1, 0.15) is 0 Å². The average Bonchev–Trinajstić information content (AvgIpc) is 3.48. The van der Waals surface area contributed by atoms with E-state index in [2.05, 4.69) is 10.3 Å². The average molecular weight is 527 g/mol. The predicted molar refractivity (Wildman–Crippen MR) is 141 cm³/mol. The third kappa shape index (κ3) is 4.75. The van der Waals surface area contributed by atoms with E-state index in [1.807, 2.05) is 25.1 Å². The van der Waals surface area contributed by atoms with Crippen molar-refractivity contribution in [2.75, 3.05) is 31.0 Å². The summed E-state index contributed by atoms with van der Waals surface area (Å²) < 4.78 is 13.3. The molecule has 35 heavy (non-hydrogen) atoms. The third-order valence-electron chi connectivity index (χ3n) is 5.41. The Balaban J connectivity index is 1.42. The van der Waals surface area contributed by atoms with Crippen LogP contribution in [0.4, 0.5) is 5.13 Å². The molecular weight excluding hydrogens is 504 g/mol. The SMILES string of the molecule is COc1ccc(-n2c(SCC(=O)Nc3nc4ccc(C)cc4s3)nc3c(c2=O)SCC3)cc1OC. The number of aromatic nitrogens is 3. The van der Waals surface area contributed by atoms with Gasteiger partial charge in [0.05, 0.1) is 46.5 Å². The highest BCUT2D eigenvalue weighted by Gasteiger charge is 2.24. The molecule has 0 bridgehead atoms. The van der Waals surface area contributed by atoms with Crippen LogP contribution in [0, 0.1) is 6.92 Å². The molecule has 11 heteroatoms. The minimum Gasteiger partial charge on any atom is -0.493 e. The topological polar surface area (TPSA) is 95.3 Å². The van der Waals surface area contributed by atoms with Crippen LogP contribution >= 0.6 is 34.9 Å². The van der Waals surface area contributed by atoms with Gasteiger partial charge in [0.2, 0.25) is 5.91 Å². The number of carbonyl (C=O) groups excluding carboxylic acids is 1. The number of fused-ring (bicyclic) bond motifs is 2. The second-order valence-electron chi connectivity index (χ2n) is 7.78. The molecule has 3 heterocycles. The fourth-order valence-corrected chi connectivity index (χ4v) is 6.58. The van der Waals surface area contributed by atoms with Crippen molar-refractivity contribution in [1.82, 2.24) is 14.5 Å². The lowest BCUT2D eigenvalue weighted by Crippen LogP contribution is -2.24. The summed E-state index contributed by atoms with van der Waals surface area (Å²) in [4.78, 5) is 36.1. The number of thioether (sulfide) groups is 2. The highest BCUT2D eigenvalue weighted by molar-refractivity contribution is 8.00. The summed E-state index contributed by atoms with van der Waals surface area (Å²) in [6, 6.07) is 11.3. The molecule has 0 saturated carbocycles. The van der Waals surface area contributed by atoms with Gasteiger partial charge in [0, 0.05) is 18.2 Å². The van der Waals surface area contributed by atoms with Crippen LogP contribution in [0.25, 0.3) is 15.9 Å². The third-order valence-corrected chi connectivity index (χ3v) is 8.39. The zero-order chi connectivity index (χ0) is 24.5. The number of ether oxygens (including phenoxy) is 2. The van der Waals surface area contributed by atoms with Gasteiger partial charge in [-0.15, -0.1) is 11.8 Å². The van der Waals surface area contributed by atoms with Crippen LogP contribution in [-0.2, 0) is 11.2 Å². The first kappa shape index (κ1) is 23.7. The van der Waals surface area contributed by atoms with Crippen LogP contribution < -0.4 is 20.3 Å². The highest BCUT2D eigenvalue weighted by atomic mass is 32.2. The number of benzene rings is 2. The summed E-state index contributed by atoms with van der Waals surface area (Å²) in [7, 11) is 3.11. The number of aryl methyl sites for hydroxylation is 2. The molecule has 0 atom stereocenters. The number of methoxy groups -OCH3 is 2. The Morgan fingerprint density at radius 2 is 1.97 bits per heavy atom. The standard InChI is InChI=1S/C24H22N4O4S3/c1-13-4-6-15-19(10-13)35-23(25-15)27-20(29)12-34-24-26-16-8-9-33-21(16)22(30)28(24)14-5-7-17(31-2)18(11-14)32-3/h4-7,10-11H,8-9,12H2,1-3H3,(H,25,27,29). The van der Waals surface area contributed by atoms with Gasteiger partial charge in [0.15, 0.2) is 21.8 Å². The maximum absolute atomic E-state index is 13.4. The number of thiazole rings is 1. The van der Waals surface area contributed by atoms with E-state index < -0.39 is 0 Å². The monoisotopic (exact) mass is 526 g/mol. The van der Waals surface area contributed by atoms with Crippen molar-refractivity contribution in [1.29, 1.82) is 0 Å². The number of nitrogens with zero attached hydrogens (tertiary/aromatic N) is 3. The van der Waals surface area contributed by atoms with Crippen LogP contribution in [-0.4, -0.2) is 46.2 Å². The molecule has 1 aliphatic rings. The minimum atomic E-state index is -0.214. The number of hydrogen-bond acceptors (Lipinski definition) is 9. The molecule has 0 spiro atoms. The largest absolute Gasteiger partial charge is 0.493 e. The first-order chi connectivity index (χ1) is 17.0. The predicted octanol–water partition coefficient (Wildman–Crippen LogP) is 4.55. The van der Waals surface area contributed by atoms with Crippen LogP contribution in [0.1, 0.15) is 11.3 Å². The van der Waals surface area contributed by atoms with E-state index >= 15 is 0 Å². The van der Waals surface area contributed by atoms with E-state index in [0.717, 1.165) is 33.6 Å². The molecule has 1 aliphatic heterocycles. The van der Waals surface area contributed by atoms with Gasteiger partial charge in [0.25, 0.3) is 5.56 Å². The van der Waals surface area contributed by atoms with Gasteiger partial charge in [-0.3, -0.25) is 14.2 Å². The zero-order valence-corrected chi connectivity index (χ0v) is 21.7. The summed E-state index contributed by atoms with van der Waals surface area (Å²) >= 11 is 4.17. The fraction of sp³-hybridized carbons (Fsp3) is 0.250. The zero-order valence-electron chi connectivity index (χ0n) is 19.3. The fourth-order valence-electron chi connectivity index (χ4n) is 3.75. The first-order valence-electron chi connectivity index (χ1n) is 10.8. The maximum atomic E-state index is 13.4. The summed E-state index contributed by atoms with van der Waals surface area (Å²) in [5.74, 6) is 1.75. The van der Waals surface area contributed by atoms with E-state index in [4.69, 9.17) is 14.5 Å². The number of nitrogens with one attached hydrogen (secondary N) is 1. The Bertz CT molecular complexity index is 1500. The van der Waals surface area contributed by atoms with Crippen LogP contribution in [0.2, 0.25) is 0 Å². The Labute approximate surface area is 214 Å². The smallest absolute Gasteiger partial charge is 0.272 e. The lowest BCUT2D eigenvalue weighted by Gasteiger charge is -2.15. The summed E-state index contributed by atoms with van der Waals surface area (Å²) in [6.07, 6.45) is 0.729. The van der Waals surface area contributed by atoms with Crippen molar-refractivity contribution in [3.8, 4) is 17.2 Å². The number of anilines is 1. The Morgan fingerprint density at radius 1 is 1.14 bits per heavy atom. The maximum Gasteiger partial charge on any atom is 0.272 e. The summed E-state index contributed by atoms with van der Waals surface area (Å²) in [5.41, 5.74) is 3.22. The Morgan fingerprint density at radius 3 is 2.77 bits per heavy atom. The van der Waals surface area contributed by atoms with Crippen LogP contribution in [0.5, 0.6) is 11.5 Å². The van der Waals surface area contributed by atoms with E-state index in [0.29, 0.717) is 32.4 Å². The Hall–Kier alpha value is -3.02. The Kier molecular flexibility index (Phi) is 6.72. The van der Waals surface area contributed by atoms with Crippen molar-refractivity contribution in [3.05, 3.63) is 58.0 Å². The molecule has 0 unspecified atom stereocenters. The molecule has 8 nitrogen and oxygen atoms in total. The van der Waals surface area contributed by atoms with Crippen molar-refractivity contribution in [3.63, 3.8) is 0 Å². The van der Waals surface area contributed by atoms with Crippen molar-refractivity contribution in [2.45, 2.75) is 23.4 Å². The summed E-state index contributed by atoms with van der Waals surface area (Å²) in [5, 5.41) is 3.88. The quantitative estimate of drug-likeness (QED) is 0.277. The van der Waals surface area contributed by atoms with E-state index in [1.54, 1.807) is 32.4 Å². The van der Waals surface area contributed by atoms with Crippen LogP contribution in [0.3, 0.4) is 0 Å². The van der Waals surface area contributed by atoms with Crippen molar-refractivity contribution in [2.24, 2.45) is 0 Å². The second kappa shape index (κ2) is 9.92. The molecule has 180 valence electrons. The lowest BCUT2D eigenvalue weighted by atomic mass is 10.2. The van der Waals surface area contributed by atoms with Gasteiger partial charge in [-0.05, 0) is 36.8 Å². The normalized spacial score (nSPS) is 12.5. The van der Waals surface area contributed by atoms with Gasteiger partial charge < -0.3 is 14.8 Å². The van der Waals surface area contributed by atoms with Gasteiger partial charge in [-0.2, -0.15) is 0 Å². The summed E-state index contributed by atoms with van der Waals surface area (Å²) in [6.45, 7) is 2.02. The molecule has 4 aromatic rings. The molecule has 2 aromatic heterocycles. The van der Waals surface area contributed by atoms with Crippen molar-refractivity contribution < 1.29 is 14.3 Å². The number of carbonyl (C=O) groups is 1. The van der Waals surface area contributed by atoms with Crippen molar-refractivity contribution >= 4 is 56.1 Å². The molecule has 1 amide bonds. The van der Waals surface area contributed by atoms with E-state index in [-0.39, 0.29) is 17.2 Å². The second-order valence-corrected chi connectivity index (χ2v) is 10.9. The minimum absolute atomic E-state index is 0.0839.